The fourth-order valence-corrected chi connectivity index (χ4v) is 8.83. The summed E-state index contributed by atoms with van der Waals surface area (Å²) in [5.41, 5.74) is 7.52. The van der Waals surface area contributed by atoms with E-state index in [-0.39, 0.29) is 5.54 Å². The molecule has 2 unspecified atom stereocenters. The van der Waals surface area contributed by atoms with Gasteiger partial charge in [0.1, 0.15) is 5.82 Å². The van der Waals surface area contributed by atoms with E-state index in [1.807, 2.05) is 18.2 Å². The van der Waals surface area contributed by atoms with Crippen LogP contribution in [-0.2, 0) is 6.42 Å². The van der Waals surface area contributed by atoms with E-state index in [4.69, 9.17) is 9.98 Å². The maximum Gasteiger partial charge on any atom is 0.137 e. The first kappa shape index (κ1) is 29.1. The van der Waals surface area contributed by atoms with Crippen LogP contribution in [0.3, 0.4) is 0 Å². The summed E-state index contributed by atoms with van der Waals surface area (Å²) in [6.45, 7) is 9.18. The van der Waals surface area contributed by atoms with Gasteiger partial charge in [0.15, 0.2) is 0 Å². The third kappa shape index (κ3) is 5.22. The topological polar surface area (TPSA) is 67.0 Å². The molecule has 4 heterocycles. The molecule has 6 heteroatoms. The van der Waals surface area contributed by atoms with Crippen LogP contribution in [0.1, 0.15) is 55.2 Å². The van der Waals surface area contributed by atoms with Crippen LogP contribution >= 0.6 is 0 Å². The molecule has 0 spiro atoms. The van der Waals surface area contributed by atoms with Crippen LogP contribution in [0.15, 0.2) is 106 Å². The van der Waals surface area contributed by atoms with Crippen molar-refractivity contribution in [2.24, 2.45) is 9.98 Å². The van der Waals surface area contributed by atoms with Crippen molar-refractivity contribution < 1.29 is 0 Å². The Morgan fingerprint density at radius 1 is 0.935 bits per heavy atom. The SMILES string of the molecule is C=N/C(=C1/C=C(Cc2ccccc2C#N)C(c2cccc3ccccc23)=CC1=NCC12CCCN1CCC2)N1CC2CCC(C1)N2. The van der Waals surface area contributed by atoms with Gasteiger partial charge in [-0.05, 0) is 116 Å². The molecule has 1 aliphatic carbocycles. The van der Waals surface area contributed by atoms with E-state index in [1.165, 1.54) is 79.1 Å². The first-order valence-corrected chi connectivity index (χ1v) is 17.0. The van der Waals surface area contributed by atoms with Crippen molar-refractivity contribution in [2.75, 3.05) is 32.7 Å². The van der Waals surface area contributed by atoms with E-state index in [2.05, 4.69) is 88.6 Å². The number of allylic oxidation sites excluding steroid dienone is 5. The minimum atomic E-state index is 0.178. The molecule has 3 aromatic rings. The van der Waals surface area contributed by atoms with Gasteiger partial charge in [0.25, 0.3) is 0 Å². The quantitative estimate of drug-likeness (QED) is 0.304. The van der Waals surface area contributed by atoms with Crippen molar-refractivity contribution in [2.45, 2.75) is 62.6 Å². The molecule has 0 aromatic heterocycles. The summed E-state index contributed by atoms with van der Waals surface area (Å²) in [5.74, 6) is 0.934. The van der Waals surface area contributed by atoms with Gasteiger partial charge >= 0.3 is 0 Å². The Hall–Kier alpha value is -4.31. The number of likely N-dealkylation sites (tertiary alicyclic amines) is 1. The van der Waals surface area contributed by atoms with Gasteiger partial charge in [-0.1, -0.05) is 60.7 Å². The average molecular weight is 607 g/mol. The van der Waals surface area contributed by atoms with E-state index in [9.17, 15) is 5.26 Å². The maximum absolute atomic E-state index is 10.0. The van der Waals surface area contributed by atoms with Gasteiger partial charge < -0.3 is 10.2 Å². The van der Waals surface area contributed by atoms with Crippen molar-refractivity contribution in [1.29, 1.82) is 5.26 Å². The summed E-state index contributed by atoms with van der Waals surface area (Å²) >= 11 is 0. The van der Waals surface area contributed by atoms with Crippen molar-refractivity contribution in [3.8, 4) is 6.07 Å². The molecule has 4 aliphatic heterocycles. The fourth-order valence-electron chi connectivity index (χ4n) is 8.83. The summed E-state index contributed by atoms with van der Waals surface area (Å²) in [4.78, 5) is 15.4. The summed E-state index contributed by atoms with van der Waals surface area (Å²) in [7, 11) is 0. The monoisotopic (exact) mass is 606 g/mol. The first-order chi connectivity index (χ1) is 22.6. The van der Waals surface area contributed by atoms with Crippen molar-refractivity contribution in [1.82, 2.24) is 15.1 Å². The molecule has 232 valence electrons. The van der Waals surface area contributed by atoms with Crippen LogP contribution < -0.4 is 5.32 Å². The van der Waals surface area contributed by atoms with E-state index in [0.717, 1.165) is 42.3 Å². The largest absolute Gasteiger partial charge is 0.353 e. The number of piperazine rings is 1. The van der Waals surface area contributed by atoms with Crippen LogP contribution in [0.4, 0.5) is 0 Å². The molecule has 8 rings (SSSR count). The van der Waals surface area contributed by atoms with Crippen LogP contribution in [0, 0.1) is 11.3 Å². The molecule has 2 bridgehead atoms. The van der Waals surface area contributed by atoms with Gasteiger partial charge in [0, 0.05) is 36.3 Å². The Bertz CT molecular complexity index is 1830. The van der Waals surface area contributed by atoms with Gasteiger partial charge in [0.05, 0.1) is 23.9 Å². The summed E-state index contributed by atoms with van der Waals surface area (Å²) in [5, 5.41) is 16.2. The minimum absolute atomic E-state index is 0.178. The molecule has 0 amide bonds. The maximum atomic E-state index is 10.0. The van der Waals surface area contributed by atoms with Gasteiger partial charge in [-0.3, -0.25) is 9.89 Å². The van der Waals surface area contributed by atoms with Crippen LogP contribution in [0.25, 0.3) is 16.3 Å². The molecule has 4 fully saturated rings. The molecule has 1 N–H and O–H groups in total. The number of rotatable bonds is 7. The summed E-state index contributed by atoms with van der Waals surface area (Å²) < 4.78 is 0. The smallest absolute Gasteiger partial charge is 0.137 e. The summed E-state index contributed by atoms with van der Waals surface area (Å²) in [6.07, 6.45) is 12.7. The summed E-state index contributed by atoms with van der Waals surface area (Å²) in [6, 6.07) is 26.6. The second-order valence-electron chi connectivity index (χ2n) is 13.8. The highest BCUT2D eigenvalue weighted by molar-refractivity contribution is 6.19. The lowest BCUT2D eigenvalue weighted by atomic mass is 9.83. The molecule has 6 nitrogen and oxygen atoms in total. The van der Waals surface area contributed by atoms with Gasteiger partial charge in [0.2, 0.25) is 0 Å². The average Bonchev–Trinajstić information content (AvgIpc) is 3.78. The molecule has 5 aliphatic rings. The fraction of sp³-hybridized carbons (Fsp3) is 0.375. The highest BCUT2D eigenvalue weighted by Crippen LogP contribution is 2.41. The number of hydrogen-bond acceptors (Lipinski definition) is 6. The van der Waals surface area contributed by atoms with E-state index in [1.54, 1.807) is 0 Å². The molecule has 0 saturated carbocycles. The van der Waals surface area contributed by atoms with E-state index >= 15 is 0 Å². The lowest BCUT2D eigenvalue weighted by Gasteiger charge is -2.36. The predicted octanol–water partition coefficient (Wildman–Crippen LogP) is 6.70. The number of benzene rings is 3. The number of fused-ring (bicyclic) bond motifs is 4. The standard InChI is InChI=1S/C40H42N6/c1-42-39(45-25-32-15-16-33(26-45)44-32)37-22-31(21-29-10-2-3-11-30(29)24-41)36(35-14-6-12-28-9-4-5-13-34(28)35)23-38(37)43-27-40-17-7-19-46(40)20-8-18-40/h2-6,9-14,22-23,32-33,44H,1,7-8,15-21,25-27H2/b39-37+,43-38?. The molecule has 4 saturated heterocycles. The molecule has 3 aromatic carbocycles. The number of nitrogens with zero attached hydrogens (tertiary/aromatic N) is 5. The second-order valence-corrected chi connectivity index (χ2v) is 13.8. The first-order valence-electron chi connectivity index (χ1n) is 17.0. The zero-order chi connectivity index (χ0) is 31.1. The number of aliphatic imine (C=N–C) groups is 2. The van der Waals surface area contributed by atoms with E-state index in [0.29, 0.717) is 24.1 Å². The second kappa shape index (κ2) is 12.1. The number of nitrogens with one attached hydrogen (secondary N) is 1. The normalized spacial score (nSPS) is 25.7. The number of hydrogen-bond donors (Lipinski definition) is 1. The highest BCUT2D eigenvalue weighted by atomic mass is 15.3. The third-order valence-electron chi connectivity index (χ3n) is 11.1. The lowest BCUT2D eigenvalue weighted by Crippen LogP contribution is -2.50. The molecule has 46 heavy (non-hydrogen) atoms. The predicted molar refractivity (Wildman–Crippen MR) is 188 cm³/mol. The Morgan fingerprint density at radius 2 is 1.67 bits per heavy atom. The van der Waals surface area contributed by atoms with Gasteiger partial charge in [-0.15, -0.1) is 0 Å². The van der Waals surface area contributed by atoms with Crippen molar-refractivity contribution in [3.05, 3.63) is 113 Å². The zero-order valence-corrected chi connectivity index (χ0v) is 26.6. The molecular weight excluding hydrogens is 564 g/mol. The van der Waals surface area contributed by atoms with Crippen molar-refractivity contribution in [3.63, 3.8) is 0 Å². The lowest BCUT2D eigenvalue weighted by molar-refractivity contribution is 0.204. The van der Waals surface area contributed by atoms with Crippen LogP contribution in [0.5, 0.6) is 0 Å². The molecule has 2 atom stereocenters. The third-order valence-corrected chi connectivity index (χ3v) is 11.1. The Labute approximate surface area is 272 Å². The van der Waals surface area contributed by atoms with Crippen molar-refractivity contribution >= 4 is 28.8 Å². The van der Waals surface area contributed by atoms with Gasteiger partial charge in [-0.25, -0.2) is 4.99 Å². The number of nitriles is 1. The Morgan fingerprint density at radius 3 is 2.46 bits per heavy atom. The highest BCUT2D eigenvalue weighted by Gasteiger charge is 2.44. The Kier molecular flexibility index (Phi) is 7.68. The van der Waals surface area contributed by atoms with Gasteiger partial charge in [-0.2, -0.15) is 5.26 Å². The van der Waals surface area contributed by atoms with Crippen LogP contribution in [-0.4, -0.2) is 72.6 Å². The minimum Gasteiger partial charge on any atom is -0.353 e. The zero-order valence-electron chi connectivity index (χ0n) is 26.6. The Balaban J connectivity index is 1.31. The van der Waals surface area contributed by atoms with E-state index < -0.39 is 0 Å². The van der Waals surface area contributed by atoms with Crippen LogP contribution in [0.2, 0.25) is 0 Å². The molecular formula is C40H42N6. The molecule has 0 radical (unpaired) electrons.